The van der Waals surface area contributed by atoms with Crippen LogP contribution in [0.5, 0.6) is 0 Å². The minimum Gasteiger partial charge on any atom is -0.350 e. The number of primary amides is 1. The van der Waals surface area contributed by atoms with E-state index in [0.29, 0.717) is 0 Å². The van der Waals surface area contributed by atoms with Crippen LogP contribution in [0.4, 0.5) is 4.79 Å². The van der Waals surface area contributed by atoms with Crippen molar-refractivity contribution in [2.24, 2.45) is 10.8 Å². The van der Waals surface area contributed by atoms with E-state index in [2.05, 4.69) is 17.5 Å². The van der Waals surface area contributed by atoms with Gasteiger partial charge in [-0.15, -0.1) is 11.8 Å². The molecule has 92 valence electrons. The molecule has 0 heterocycles. The molecule has 0 bridgehead atoms. The Morgan fingerprint density at radius 3 is 2.76 bits per heavy atom. The van der Waals surface area contributed by atoms with Gasteiger partial charge in [-0.25, -0.2) is 10.2 Å². The van der Waals surface area contributed by atoms with E-state index in [0.717, 1.165) is 11.3 Å². The van der Waals surface area contributed by atoms with E-state index < -0.39 is 6.03 Å². The summed E-state index contributed by atoms with van der Waals surface area (Å²) >= 11 is 1.85. The average molecular weight is 251 g/mol. The maximum atomic E-state index is 10.4. The lowest BCUT2D eigenvalue weighted by Crippen LogP contribution is -2.24. The van der Waals surface area contributed by atoms with E-state index >= 15 is 0 Å². The molecular formula is C12H17N3OS. The van der Waals surface area contributed by atoms with Crippen molar-refractivity contribution in [3.8, 4) is 0 Å². The Balaban J connectivity index is 2.44. The fourth-order valence-electron chi connectivity index (χ4n) is 1.15. The first kappa shape index (κ1) is 13.6. The fourth-order valence-corrected chi connectivity index (χ4v) is 2.15. The van der Waals surface area contributed by atoms with Gasteiger partial charge in [-0.2, -0.15) is 5.10 Å². The third-order valence-corrected chi connectivity index (χ3v) is 3.13. The number of benzene rings is 1. The Bertz CT molecular complexity index is 376. The summed E-state index contributed by atoms with van der Waals surface area (Å²) in [5.74, 6) is 1.15. The molecule has 1 aromatic carbocycles. The zero-order valence-electron chi connectivity index (χ0n) is 9.85. The fraction of sp³-hybridized carbons (Fsp3) is 0.333. The number of nitrogens with one attached hydrogen (secondary N) is 1. The molecule has 4 nitrogen and oxygen atoms in total. The van der Waals surface area contributed by atoms with Crippen LogP contribution in [-0.2, 0) is 0 Å². The number of hydrogen-bond donors (Lipinski definition) is 2. The third-order valence-electron chi connectivity index (χ3n) is 2.04. The summed E-state index contributed by atoms with van der Waals surface area (Å²) in [5, 5.41) is 3.69. The Kier molecular flexibility index (Phi) is 6.17. The maximum Gasteiger partial charge on any atom is 0.332 e. The molecule has 0 fully saturated rings. The molecule has 0 radical (unpaired) electrons. The molecule has 0 spiro atoms. The topological polar surface area (TPSA) is 67.5 Å². The number of nitrogens with zero attached hydrogens (tertiary/aromatic N) is 1. The molecule has 1 aromatic rings. The van der Waals surface area contributed by atoms with Crippen molar-refractivity contribution in [1.82, 2.24) is 5.43 Å². The smallest absolute Gasteiger partial charge is 0.332 e. The number of thioether (sulfide) groups is 1. The van der Waals surface area contributed by atoms with E-state index in [1.165, 1.54) is 17.7 Å². The molecule has 0 aliphatic heterocycles. The quantitative estimate of drug-likeness (QED) is 0.353. The Labute approximate surface area is 106 Å². The van der Waals surface area contributed by atoms with Crippen molar-refractivity contribution in [2.45, 2.75) is 24.7 Å². The first-order valence-corrected chi connectivity index (χ1v) is 6.52. The van der Waals surface area contributed by atoms with Crippen LogP contribution in [0.15, 0.2) is 34.3 Å². The standard InChI is InChI=1S/C12H17N3OS/c1-2-3-8-17-11-6-4-10(5-7-11)9-14-15-12(13)16/h4-7,9H,2-3,8H2,1H3,(H3,13,15,16). The first-order chi connectivity index (χ1) is 8.22. The predicted molar refractivity (Wildman–Crippen MR) is 72.4 cm³/mol. The Morgan fingerprint density at radius 2 is 2.18 bits per heavy atom. The van der Waals surface area contributed by atoms with Crippen LogP contribution in [0, 0.1) is 0 Å². The van der Waals surface area contributed by atoms with E-state index in [-0.39, 0.29) is 0 Å². The van der Waals surface area contributed by atoms with Gasteiger partial charge < -0.3 is 5.73 Å². The molecule has 0 saturated heterocycles. The van der Waals surface area contributed by atoms with Gasteiger partial charge in [0.2, 0.25) is 0 Å². The molecule has 5 heteroatoms. The zero-order chi connectivity index (χ0) is 12.5. The van der Waals surface area contributed by atoms with Crippen LogP contribution in [0.2, 0.25) is 0 Å². The lowest BCUT2D eigenvalue weighted by atomic mass is 10.2. The van der Waals surface area contributed by atoms with Crippen LogP contribution < -0.4 is 11.2 Å². The lowest BCUT2D eigenvalue weighted by Gasteiger charge is -2.00. The minimum absolute atomic E-state index is 0.659. The van der Waals surface area contributed by atoms with E-state index in [1.807, 2.05) is 36.0 Å². The van der Waals surface area contributed by atoms with Crippen LogP contribution >= 0.6 is 11.8 Å². The van der Waals surface area contributed by atoms with Gasteiger partial charge in [-0.05, 0) is 29.9 Å². The number of rotatable bonds is 6. The van der Waals surface area contributed by atoms with Gasteiger partial charge >= 0.3 is 6.03 Å². The van der Waals surface area contributed by atoms with Crippen LogP contribution in [0.1, 0.15) is 25.3 Å². The van der Waals surface area contributed by atoms with Crippen molar-refractivity contribution < 1.29 is 4.79 Å². The number of carbonyl (C=O) groups excluding carboxylic acids is 1. The number of carbonyl (C=O) groups is 1. The second-order valence-electron chi connectivity index (χ2n) is 3.51. The van der Waals surface area contributed by atoms with Gasteiger partial charge in [0, 0.05) is 4.90 Å². The highest BCUT2D eigenvalue weighted by molar-refractivity contribution is 7.99. The van der Waals surface area contributed by atoms with Gasteiger partial charge in [0.25, 0.3) is 0 Å². The summed E-state index contributed by atoms with van der Waals surface area (Å²) in [6.07, 6.45) is 4.01. The van der Waals surface area contributed by atoms with Crippen molar-refractivity contribution >= 4 is 24.0 Å². The molecule has 0 aromatic heterocycles. The maximum absolute atomic E-state index is 10.4. The SMILES string of the molecule is CCCCSc1ccc(C=NNC(N)=O)cc1. The highest BCUT2D eigenvalue weighted by Crippen LogP contribution is 2.19. The largest absolute Gasteiger partial charge is 0.350 e. The summed E-state index contributed by atoms with van der Waals surface area (Å²) in [4.78, 5) is 11.6. The highest BCUT2D eigenvalue weighted by atomic mass is 32.2. The van der Waals surface area contributed by atoms with Crippen LogP contribution in [0.25, 0.3) is 0 Å². The second kappa shape index (κ2) is 7.73. The summed E-state index contributed by atoms with van der Waals surface area (Å²) < 4.78 is 0. The summed E-state index contributed by atoms with van der Waals surface area (Å²) in [6.45, 7) is 2.19. The van der Waals surface area contributed by atoms with Crippen molar-refractivity contribution in [1.29, 1.82) is 0 Å². The van der Waals surface area contributed by atoms with E-state index in [4.69, 9.17) is 5.73 Å². The molecule has 3 N–H and O–H groups in total. The highest BCUT2D eigenvalue weighted by Gasteiger charge is 1.94. The van der Waals surface area contributed by atoms with Crippen molar-refractivity contribution in [2.75, 3.05) is 5.75 Å². The number of nitrogens with two attached hydrogens (primary N) is 1. The van der Waals surface area contributed by atoms with Crippen LogP contribution in [-0.4, -0.2) is 18.0 Å². The van der Waals surface area contributed by atoms with E-state index in [1.54, 1.807) is 6.21 Å². The second-order valence-corrected chi connectivity index (χ2v) is 4.67. The zero-order valence-corrected chi connectivity index (χ0v) is 10.7. The third kappa shape index (κ3) is 5.97. The molecule has 0 atom stereocenters. The Hall–Kier alpha value is -1.49. The monoisotopic (exact) mass is 251 g/mol. The normalized spacial score (nSPS) is 10.6. The molecule has 0 unspecified atom stereocenters. The predicted octanol–water partition coefficient (Wildman–Crippen LogP) is 2.58. The summed E-state index contributed by atoms with van der Waals surface area (Å²) in [7, 11) is 0. The summed E-state index contributed by atoms with van der Waals surface area (Å²) in [5.41, 5.74) is 7.96. The van der Waals surface area contributed by atoms with Crippen LogP contribution in [0.3, 0.4) is 0 Å². The average Bonchev–Trinajstić information content (AvgIpc) is 2.31. The minimum atomic E-state index is -0.659. The Morgan fingerprint density at radius 1 is 1.47 bits per heavy atom. The van der Waals surface area contributed by atoms with Gasteiger partial charge in [0.05, 0.1) is 6.21 Å². The number of urea groups is 1. The van der Waals surface area contributed by atoms with Crippen molar-refractivity contribution in [3.05, 3.63) is 29.8 Å². The summed E-state index contributed by atoms with van der Waals surface area (Å²) in [6, 6.07) is 7.35. The molecule has 17 heavy (non-hydrogen) atoms. The first-order valence-electron chi connectivity index (χ1n) is 5.53. The van der Waals surface area contributed by atoms with E-state index in [9.17, 15) is 4.79 Å². The molecule has 1 rings (SSSR count). The molecule has 0 saturated carbocycles. The number of unbranched alkanes of at least 4 members (excludes halogenated alkanes) is 1. The molecule has 0 aliphatic rings. The van der Waals surface area contributed by atoms with Gasteiger partial charge in [0.1, 0.15) is 0 Å². The van der Waals surface area contributed by atoms with Gasteiger partial charge in [0.15, 0.2) is 0 Å². The van der Waals surface area contributed by atoms with Crippen molar-refractivity contribution in [3.63, 3.8) is 0 Å². The molecule has 0 aliphatic carbocycles. The van der Waals surface area contributed by atoms with Gasteiger partial charge in [-0.3, -0.25) is 0 Å². The van der Waals surface area contributed by atoms with Gasteiger partial charge in [-0.1, -0.05) is 25.5 Å². The number of hydrogen-bond acceptors (Lipinski definition) is 3. The molecule has 2 amide bonds. The number of amides is 2. The lowest BCUT2D eigenvalue weighted by molar-refractivity contribution is 0.249. The number of hydrazone groups is 1. The molecular weight excluding hydrogens is 234 g/mol.